The molecule has 0 aliphatic heterocycles. The van der Waals surface area contributed by atoms with Crippen LogP contribution in [0.3, 0.4) is 0 Å². The number of fused-ring (bicyclic) bond motifs is 3. The molecule has 4 rings (SSSR count). The molecular weight excluding hydrogens is 290 g/mol. The van der Waals surface area contributed by atoms with Gasteiger partial charge in [0.2, 0.25) is 0 Å². The Morgan fingerprint density at radius 1 is 0.750 bits per heavy atom. The van der Waals surface area contributed by atoms with Crippen LogP contribution in [0.2, 0.25) is 0 Å². The summed E-state index contributed by atoms with van der Waals surface area (Å²) in [6.45, 7) is 5.07. The van der Waals surface area contributed by atoms with Crippen LogP contribution in [0, 0.1) is 0 Å². The van der Waals surface area contributed by atoms with Crippen molar-refractivity contribution in [2.24, 2.45) is 0 Å². The fourth-order valence-electron chi connectivity index (χ4n) is 2.90. The van der Waals surface area contributed by atoms with E-state index in [0.717, 1.165) is 0 Å². The second kappa shape index (κ2) is 5.52. The minimum absolute atomic E-state index is 0.0599. The molecule has 0 fully saturated rings. The second-order valence-electron chi connectivity index (χ2n) is 6.64. The monoisotopic (exact) mass is 325 g/mol. The van der Waals surface area contributed by atoms with Crippen LogP contribution in [-0.2, 0) is 12.0 Å². The van der Waals surface area contributed by atoms with Crippen molar-refractivity contribution in [3.63, 3.8) is 0 Å². The summed E-state index contributed by atoms with van der Waals surface area (Å²) in [7, 11) is 0. The summed E-state index contributed by atoms with van der Waals surface area (Å²) in [5, 5.41) is -0.137. The zero-order valence-electron chi connectivity index (χ0n) is 25.7. The molecule has 120 valence electrons. The van der Waals surface area contributed by atoms with Gasteiger partial charge in [-0.2, -0.15) is 0 Å². The molecule has 3 aromatic carbocycles. The van der Waals surface area contributed by atoms with Crippen LogP contribution in [0.5, 0.6) is 0 Å². The molecule has 1 nitrogen and oxygen atoms in total. The summed E-state index contributed by atoms with van der Waals surface area (Å²) in [5.74, 6) is 0. The number of benzene rings is 3. The summed E-state index contributed by atoms with van der Waals surface area (Å²) in [6, 6.07) is -5.40. The maximum Gasteiger partial charge on any atom is 0.0645 e. The molecule has 4 aromatic rings. The smallest absolute Gasteiger partial charge is 0.0645 e. The van der Waals surface area contributed by atoms with Crippen LogP contribution in [0.15, 0.2) is 72.5 Å². The van der Waals surface area contributed by atoms with Gasteiger partial charge in [-0.25, -0.2) is 0 Å². The average molecular weight is 326 g/mol. The standard InChI is InChI=1S/C23H23N/c1-23(2,3)20-13-7-4-10-17(20)16-24-21-14-8-5-11-18(21)19-12-6-9-15-22(19)24/h4-15H,16H2,1-3H3/i4D,5D,6D,7D,8D,9D,10D,11D,12D,13D,14D,15D. The number of nitrogens with zero attached hydrogens (tertiary/aromatic N) is 1. The third kappa shape index (κ3) is 2.41. The zero-order valence-corrected chi connectivity index (χ0v) is 13.7. The van der Waals surface area contributed by atoms with E-state index in [1.807, 2.05) is 0 Å². The van der Waals surface area contributed by atoms with Crippen molar-refractivity contribution in [1.29, 1.82) is 0 Å². The van der Waals surface area contributed by atoms with E-state index in [1.165, 1.54) is 4.57 Å². The quantitative estimate of drug-likeness (QED) is 0.417. The molecule has 1 heterocycles. The minimum atomic E-state index is -0.733. The highest BCUT2D eigenvalue weighted by molar-refractivity contribution is 6.08. The molecule has 0 amide bonds. The number of rotatable bonds is 2. The van der Waals surface area contributed by atoms with Crippen LogP contribution in [-0.4, -0.2) is 4.57 Å². The molecule has 0 radical (unpaired) electrons. The van der Waals surface area contributed by atoms with Gasteiger partial charge in [0.25, 0.3) is 0 Å². The van der Waals surface area contributed by atoms with E-state index < -0.39 is 65.8 Å². The van der Waals surface area contributed by atoms with Crippen LogP contribution in [0.25, 0.3) is 21.8 Å². The summed E-state index contributed by atoms with van der Waals surface area (Å²) < 4.78 is 102. The molecule has 24 heavy (non-hydrogen) atoms. The number of aromatic nitrogens is 1. The molecule has 0 spiro atoms. The molecule has 0 aliphatic carbocycles. The van der Waals surface area contributed by atoms with Crippen LogP contribution in [0.1, 0.15) is 48.3 Å². The first-order valence-electron chi connectivity index (χ1n) is 13.6. The predicted octanol–water partition coefficient (Wildman–Crippen LogP) is 6.14. The van der Waals surface area contributed by atoms with Gasteiger partial charge >= 0.3 is 0 Å². The Labute approximate surface area is 160 Å². The lowest BCUT2D eigenvalue weighted by molar-refractivity contribution is 0.580. The van der Waals surface area contributed by atoms with Crippen LogP contribution < -0.4 is 0 Å². The molecule has 1 aromatic heterocycles. The lowest BCUT2D eigenvalue weighted by Gasteiger charge is -2.23. The first kappa shape index (κ1) is 6.76. The van der Waals surface area contributed by atoms with Crippen molar-refractivity contribution >= 4 is 21.8 Å². The van der Waals surface area contributed by atoms with Gasteiger partial charge in [-0.3, -0.25) is 0 Å². The summed E-state index contributed by atoms with van der Waals surface area (Å²) in [5.41, 5.74) is -0.369. The van der Waals surface area contributed by atoms with E-state index in [-0.39, 0.29) is 46.0 Å². The zero-order chi connectivity index (χ0) is 27.2. The molecule has 1 heteroatoms. The fourth-order valence-corrected chi connectivity index (χ4v) is 2.90. The summed E-state index contributed by atoms with van der Waals surface area (Å²) in [4.78, 5) is 0. The van der Waals surface area contributed by atoms with Crippen LogP contribution in [0.4, 0.5) is 0 Å². The van der Waals surface area contributed by atoms with Crippen molar-refractivity contribution in [3.05, 3.63) is 83.6 Å². The Bertz CT molecular complexity index is 1530. The van der Waals surface area contributed by atoms with Gasteiger partial charge in [-0.05, 0) is 28.6 Å². The molecule has 0 unspecified atom stereocenters. The van der Waals surface area contributed by atoms with Gasteiger partial charge in [0.15, 0.2) is 0 Å². The Kier molecular flexibility index (Phi) is 1.55. The van der Waals surface area contributed by atoms with Gasteiger partial charge < -0.3 is 4.57 Å². The van der Waals surface area contributed by atoms with E-state index in [9.17, 15) is 0 Å². The topological polar surface area (TPSA) is 4.93 Å². The Morgan fingerprint density at radius 3 is 1.83 bits per heavy atom. The van der Waals surface area contributed by atoms with E-state index in [2.05, 4.69) is 0 Å². The molecule has 0 saturated heterocycles. The highest BCUT2D eigenvalue weighted by Crippen LogP contribution is 2.32. The van der Waals surface area contributed by atoms with Crippen molar-refractivity contribution in [2.75, 3.05) is 0 Å². The van der Waals surface area contributed by atoms with Crippen molar-refractivity contribution in [1.82, 2.24) is 4.57 Å². The Balaban J connectivity index is 2.30. The Morgan fingerprint density at radius 2 is 1.25 bits per heavy atom. The molecule has 0 atom stereocenters. The Hall–Kier alpha value is -2.54. The van der Waals surface area contributed by atoms with Gasteiger partial charge in [0.1, 0.15) is 0 Å². The highest BCUT2D eigenvalue weighted by Gasteiger charge is 2.18. The number of para-hydroxylation sites is 2. The van der Waals surface area contributed by atoms with Crippen molar-refractivity contribution < 1.29 is 16.4 Å². The largest absolute Gasteiger partial charge is 0.336 e. The van der Waals surface area contributed by atoms with Crippen molar-refractivity contribution in [3.8, 4) is 0 Å². The van der Waals surface area contributed by atoms with E-state index in [1.54, 1.807) is 20.8 Å². The fraction of sp³-hybridized carbons (Fsp3) is 0.217. The molecular formula is C23H23N. The van der Waals surface area contributed by atoms with Gasteiger partial charge in [-0.15, -0.1) is 0 Å². The lowest BCUT2D eigenvalue weighted by Crippen LogP contribution is -2.15. The van der Waals surface area contributed by atoms with Crippen molar-refractivity contribution in [2.45, 2.75) is 32.7 Å². The van der Waals surface area contributed by atoms with Gasteiger partial charge in [-0.1, -0.05) is 81.2 Å². The third-order valence-corrected chi connectivity index (χ3v) is 3.96. The number of hydrogen-bond donors (Lipinski definition) is 0. The van der Waals surface area contributed by atoms with E-state index in [0.29, 0.717) is 5.56 Å². The first-order chi connectivity index (χ1) is 16.5. The summed E-state index contributed by atoms with van der Waals surface area (Å²) in [6.07, 6.45) is 0. The maximum absolute atomic E-state index is 8.61. The molecule has 0 aliphatic rings. The first-order valence-corrected chi connectivity index (χ1v) is 7.62. The van der Waals surface area contributed by atoms with Crippen LogP contribution >= 0.6 is 0 Å². The third-order valence-electron chi connectivity index (χ3n) is 3.96. The highest BCUT2D eigenvalue weighted by atomic mass is 15.0. The average Bonchev–Trinajstić information content (AvgIpc) is 3.14. The van der Waals surface area contributed by atoms with E-state index >= 15 is 0 Å². The SMILES string of the molecule is [2H]c1c([2H])c([2H])c(C(C)(C)C)c(Cn2c3c([2H])c([2H])c([2H])c([2H])c3c3c([2H])c([2H])c([2H])c([2H])c32)c1[2H]. The second-order valence-corrected chi connectivity index (χ2v) is 6.64. The molecule has 0 saturated carbocycles. The van der Waals surface area contributed by atoms with Gasteiger partial charge in [0, 0.05) is 28.4 Å². The molecule has 0 N–H and O–H groups in total. The van der Waals surface area contributed by atoms with E-state index in [4.69, 9.17) is 16.4 Å². The lowest BCUT2D eigenvalue weighted by atomic mass is 9.84. The summed E-state index contributed by atoms with van der Waals surface area (Å²) >= 11 is 0. The molecule has 0 bridgehead atoms. The van der Waals surface area contributed by atoms with Gasteiger partial charge in [0.05, 0.1) is 16.4 Å². The maximum atomic E-state index is 8.61. The minimum Gasteiger partial charge on any atom is -0.336 e. The predicted molar refractivity (Wildman–Crippen MR) is 104 cm³/mol. The number of hydrogen-bond acceptors (Lipinski definition) is 0. The normalized spacial score (nSPS) is 19.1.